The van der Waals surface area contributed by atoms with Crippen LogP contribution in [0.5, 0.6) is 0 Å². The molecule has 0 bridgehead atoms. The van der Waals surface area contributed by atoms with Gasteiger partial charge in [0.05, 0.1) is 18.6 Å². The fourth-order valence-corrected chi connectivity index (χ4v) is 2.78. The minimum Gasteiger partial charge on any atom is -0.348 e. The second kappa shape index (κ2) is 4.98. The summed E-state index contributed by atoms with van der Waals surface area (Å²) in [6.07, 6.45) is 10.1. The highest BCUT2D eigenvalue weighted by molar-refractivity contribution is 5.57. The Morgan fingerprint density at radius 2 is 1.71 bits per heavy atom. The Bertz CT molecular complexity index is 768. The maximum atomic E-state index is 4.31. The second-order valence-corrected chi connectivity index (χ2v) is 5.18. The van der Waals surface area contributed by atoms with Crippen LogP contribution in [0, 0.1) is 0 Å². The molecule has 0 atom stereocenters. The lowest BCUT2D eigenvalue weighted by molar-refractivity contribution is 0.690. The number of rotatable bonds is 4. The van der Waals surface area contributed by atoms with Crippen molar-refractivity contribution in [1.82, 2.24) is 18.7 Å². The molecular weight excluding hydrogens is 260 g/mol. The summed E-state index contributed by atoms with van der Waals surface area (Å²) in [5.41, 5.74) is 3.82. The third kappa shape index (κ3) is 2.25. The monoisotopic (exact) mass is 276 g/mol. The van der Waals surface area contributed by atoms with Crippen LogP contribution in [0.25, 0.3) is 5.52 Å². The van der Waals surface area contributed by atoms with Gasteiger partial charge in [0.1, 0.15) is 0 Å². The molecule has 104 valence electrons. The average molecular weight is 276 g/mol. The zero-order chi connectivity index (χ0) is 14.1. The van der Waals surface area contributed by atoms with Crippen molar-refractivity contribution in [3.8, 4) is 0 Å². The lowest BCUT2D eigenvalue weighted by atomic mass is 10.2. The molecule has 4 heteroatoms. The zero-order valence-electron chi connectivity index (χ0n) is 11.6. The number of hydrogen-bond acceptors (Lipinski definition) is 1. The molecule has 0 unspecified atom stereocenters. The van der Waals surface area contributed by atoms with Gasteiger partial charge in [-0.3, -0.25) is 4.68 Å². The van der Waals surface area contributed by atoms with Gasteiger partial charge < -0.3 is 8.97 Å². The molecule has 0 spiro atoms. The molecule has 0 fully saturated rings. The maximum Gasteiger partial charge on any atom is 0.0680 e. The summed E-state index contributed by atoms with van der Waals surface area (Å²) < 4.78 is 6.41. The summed E-state index contributed by atoms with van der Waals surface area (Å²) >= 11 is 0. The van der Waals surface area contributed by atoms with Crippen molar-refractivity contribution in [1.29, 1.82) is 0 Å². The summed E-state index contributed by atoms with van der Waals surface area (Å²) in [4.78, 5) is 0. The maximum absolute atomic E-state index is 4.31. The quantitative estimate of drug-likeness (QED) is 0.563. The van der Waals surface area contributed by atoms with Crippen LogP contribution in [0.3, 0.4) is 0 Å². The highest BCUT2D eigenvalue weighted by Crippen LogP contribution is 2.19. The van der Waals surface area contributed by atoms with E-state index >= 15 is 0 Å². The van der Waals surface area contributed by atoms with Gasteiger partial charge in [-0.1, -0.05) is 6.07 Å². The Kier molecular flexibility index (Phi) is 2.85. The van der Waals surface area contributed by atoms with E-state index in [-0.39, 0.29) is 0 Å². The summed E-state index contributed by atoms with van der Waals surface area (Å²) in [5, 5.41) is 4.31. The van der Waals surface area contributed by atoms with Gasteiger partial charge in [-0.15, -0.1) is 0 Å². The average Bonchev–Trinajstić information content (AvgIpc) is 3.23. The minimum absolute atomic E-state index is 0.798. The normalized spacial score (nSPS) is 11.2. The number of aromatic nitrogens is 4. The van der Waals surface area contributed by atoms with Gasteiger partial charge in [0, 0.05) is 36.7 Å². The fraction of sp³-hybridized carbons (Fsp3) is 0.118. The molecule has 0 aliphatic rings. The van der Waals surface area contributed by atoms with E-state index in [0.717, 1.165) is 13.1 Å². The van der Waals surface area contributed by atoms with Gasteiger partial charge >= 0.3 is 0 Å². The molecule has 21 heavy (non-hydrogen) atoms. The summed E-state index contributed by atoms with van der Waals surface area (Å²) in [5.74, 6) is 0. The SMILES string of the molecule is c1ccn2c(Cn3cccc3)cc(Cn3cccn3)c2c1. The van der Waals surface area contributed by atoms with E-state index in [2.05, 4.69) is 69.1 Å². The van der Waals surface area contributed by atoms with Crippen molar-refractivity contribution < 1.29 is 0 Å². The van der Waals surface area contributed by atoms with Gasteiger partial charge in [-0.25, -0.2) is 0 Å². The Balaban J connectivity index is 1.77. The Morgan fingerprint density at radius 3 is 2.52 bits per heavy atom. The summed E-state index contributed by atoms with van der Waals surface area (Å²) in [7, 11) is 0. The molecule has 0 amide bonds. The number of fused-ring (bicyclic) bond motifs is 1. The Hall–Kier alpha value is -2.75. The number of nitrogens with zero attached hydrogens (tertiary/aromatic N) is 4. The minimum atomic E-state index is 0.798. The van der Waals surface area contributed by atoms with Gasteiger partial charge in [-0.05, 0) is 42.0 Å². The largest absolute Gasteiger partial charge is 0.348 e. The molecule has 4 nitrogen and oxygen atoms in total. The second-order valence-electron chi connectivity index (χ2n) is 5.18. The first kappa shape index (κ1) is 12.0. The molecule has 0 saturated heterocycles. The molecule has 4 heterocycles. The molecule has 4 rings (SSSR count). The van der Waals surface area contributed by atoms with Crippen molar-refractivity contribution >= 4 is 5.52 Å². The number of pyridine rings is 1. The van der Waals surface area contributed by atoms with Crippen molar-refractivity contribution in [2.45, 2.75) is 13.1 Å². The summed E-state index contributed by atoms with van der Waals surface area (Å²) in [6.45, 7) is 1.67. The van der Waals surface area contributed by atoms with E-state index in [1.807, 2.05) is 23.1 Å². The first-order chi connectivity index (χ1) is 10.4. The molecule has 0 aromatic carbocycles. The molecule has 0 aliphatic carbocycles. The highest BCUT2D eigenvalue weighted by Gasteiger charge is 2.09. The molecule has 4 aromatic rings. The zero-order valence-corrected chi connectivity index (χ0v) is 11.6. The van der Waals surface area contributed by atoms with Gasteiger partial charge in [0.2, 0.25) is 0 Å². The van der Waals surface area contributed by atoms with Crippen molar-refractivity contribution in [3.05, 3.63) is 84.7 Å². The van der Waals surface area contributed by atoms with Crippen LogP contribution >= 0.6 is 0 Å². The molecule has 4 aromatic heterocycles. The van der Waals surface area contributed by atoms with Crippen molar-refractivity contribution in [2.75, 3.05) is 0 Å². The van der Waals surface area contributed by atoms with Crippen molar-refractivity contribution in [3.63, 3.8) is 0 Å². The number of hydrogen-bond donors (Lipinski definition) is 0. The van der Waals surface area contributed by atoms with E-state index in [4.69, 9.17) is 0 Å². The van der Waals surface area contributed by atoms with E-state index < -0.39 is 0 Å². The predicted molar refractivity (Wildman–Crippen MR) is 82.3 cm³/mol. The van der Waals surface area contributed by atoms with Gasteiger partial charge in [0.25, 0.3) is 0 Å². The highest BCUT2D eigenvalue weighted by atomic mass is 15.3. The van der Waals surface area contributed by atoms with Crippen LogP contribution in [0.15, 0.2) is 73.4 Å². The van der Waals surface area contributed by atoms with E-state index in [1.54, 1.807) is 0 Å². The lowest BCUT2D eigenvalue weighted by Gasteiger charge is -2.04. The molecule has 0 aliphatic heterocycles. The van der Waals surface area contributed by atoms with Crippen LogP contribution in [0.1, 0.15) is 11.3 Å². The first-order valence-electron chi connectivity index (χ1n) is 7.06. The van der Waals surface area contributed by atoms with Crippen molar-refractivity contribution in [2.24, 2.45) is 0 Å². The first-order valence-corrected chi connectivity index (χ1v) is 7.06. The molecular formula is C17H16N4. The van der Waals surface area contributed by atoms with E-state index in [9.17, 15) is 0 Å². The van der Waals surface area contributed by atoms with Crippen LogP contribution < -0.4 is 0 Å². The van der Waals surface area contributed by atoms with E-state index in [0.29, 0.717) is 0 Å². The summed E-state index contributed by atoms with van der Waals surface area (Å²) in [6, 6.07) is 14.7. The topological polar surface area (TPSA) is 27.2 Å². The van der Waals surface area contributed by atoms with Crippen LogP contribution in [-0.4, -0.2) is 18.7 Å². The lowest BCUT2D eigenvalue weighted by Crippen LogP contribution is -1.99. The van der Waals surface area contributed by atoms with Crippen LogP contribution in [-0.2, 0) is 13.1 Å². The Labute approximate surface area is 122 Å². The predicted octanol–water partition coefficient (Wildman–Crippen LogP) is 3.03. The van der Waals surface area contributed by atoms with Gasteiger partial charge in [-0.2, -0.15) is 5.10 Å². The fourth-order valence-electron chi connectivity index (χ4n) is 2.78. The van der Waals surface area contributed by atoms with E-state index in [1.165, 1.54) is 16.8 Å². The molecule has 0 N–H and O–H groups in total. The Morgan fingerprint density at radius 1 is 0.857 bits per heavy atom. The molecule has 0 radical (unpaired) electrons. The smallest absolute Gasteiger partial charge is 0.0680 e. The third-order valence-corrected chi connectivity index (χ3v) is 3.74. The third-order valence-electron chi connectivity index (χ3n) is 3.74. The standard InChI is InChI=1S/C17H16N4/c1-2-11-21-16(14-19-8-3-4-9-19)12-15(17(21)6-1)13-20-10-5-7-18-20/h1-12H,13-14H2. The van der Waals surface area contributed by atoms with Gasteiger partial charge in [0.15, 0.2) is 0 Å². The van der Waals surface area contributed by atoms with Crippen LogP contribution in [0.4, 0.5) is 0 Å². The van der Waals surface area contributed by atoms with Crippen LogP contribution in [0.2, 0.25) is 0 Å². The molecule has 0 saturated carbocycles.